The Labute approximate surface area is 122 Å². The maximum atomic E-state index is 13.4. The summed E-state index contributed by atoms with van der Waals surface area (Å²) in [7, 11) is 0. The van der Waals surface area contributed by atoms with Crippen LogP contribution in [0.4, 0.5) is 4.39 Å². The van der Waals surface area contributed by atoms with Crippen molar-refractivity contribution < 1.29 is 14.3 Å². The average Bonchev–Trinajstić information content (AvgIpc) is 2.90. The number of halogens is 1. The first-order chi connectivity index (χ1) is 10.1. The topological polar surface area (TPSA) is 56.3 Å². The number of benzene rings is 1. The van der Waals surface area contributed by atoms with Crippen molar-refractivity contribution in [1.82, 2.24) is 9.88 Å². The second kappa shape index (κ2) is 5.48. The van der Waals surface area contributed by atoms with Crippen molar-refractivity contribution in [2.45, 2.75) is 19.8 Å². The number of fused-ring (bicyclic) bond motifs is 1. The van der Waals surface area contributed by atoms with Gasteiger partial charge in [-0.1, -0.05) is 0 Å². The molecule has 1 atom stereocenters. The molecule has 0 radical (unpaired) electrons. The van der Waals surface area contributed by atoms with E-state index in [1.54, 1.807) is 11.0 Å². The summed E-state index contributed by atoms with van der Waals surface area (Å²) in [6.45, 7) is 3.23. The van der Waals surface area contributed by atoms with Gasteiger partial charge in [0.1, 0.15) is 11.5 Å². The average molecular weight is 290 g/mol. The molecule has 2 heterocycles. The lowest BCUT2D eigenvalue weighted by atomic mass is 9.99. The number of aromatic amines is 1. The molecule has 5 heteroatoms. The smallest absolute Gasteiger partial charge is 0.270 e. The highest BCUT2D eigenvalue weighted by molar-refractivity contribution is 5.98. The molecule has 0 bridgehead atoms. The standard InChI is InChI=1S/C16H19FN2O2/c1-10-5-12(17)6-14-13(10)7-15(18-14)16(21)19-4-2-3-11(8-19)9-20/h5-7,11,18,20H,2-4,8-9H2,1H3. The zero-order chi connectivity index (χ0) is 15.0. The van der Waals surface area contributed by atoms with Gasteiger partial charge >= 0.3 is 0 Å². The molecule has 1 aliphatic heterocycles. The molecule has 0 spiro atoms. The summed E-state index contributed by atoms with van der Waals surface area (Å²) < 4.78 is 13.4. The lowest BCUT2D eigenvalue weighted by Crippen LogP contribution is -2.41. The molecule has 21 heavy (non-hydrogen) atoms. The maximum absolute atomic E-state index is 13.4. The zero-order valence-corrected chi connectivity index (χ0v) is 12.0. The number of rotatable bonds is 2. The number of aryl methyl sites for hydroxylation is 1. The van der Waals surface area contributed by atoms with Gasteiger partial charge < -0.3 is 15.0 Å². The van der Waals surface area contributed by atoms with Gasteiger partial charge in [-0.3, -0.25) is 4.79 Å². The van der Waals surface area contributed by atoms with Crippen molar-refractivity contribution in [3.8, 4) is 0 Å². The highest BCUT2D eigenvalue weighted by atomic mass is 19.1. The largest absolute Gasteiger partial charge is 0.396 e. The third-order valence-corrected chi connectivity index (χ3v) is 4.20. The van der Waals surface area contributed by atoms with Crippen molar-refractivity contribution in [1.29, 1.82) is 0 Å². The monoisotopic (exact) mass is 290 g/mol. The van der Waals surface area contributed by atoms with E-state index in [0.29, 0.717) is 24.3 Å². The Morgan fingerprint density at radius 3 is 3.05 bits per heavy atom. The first kappa shape index (κ1) is 14.1. The molecule has 2 aromatic rings. The van der Waals surface area contributed by atoms with Crippen molar-refractivity contribution in [3.05, 3.63) is 35.3 Å². The number of amides is 1. The summed E-state index contributed by atoms with van der Waals surface area (Å²) in [6, 6.07) is 4.66. The number of hydrogen-bond acceptors (Lipinski definition) is 2. The fraction of sp³-hybridized carbons (Fsp3) is 0.438. The molecular weight excluding hydrogens is 271 g/mol. The summed E-state index contributed by atoms with van der Waals surface area (Å²) in [5.74, 6) is -0.227. The number of H-pyrrole nitrogens is 1. The van der Waals surface area contributed by atoms with Crippen LogP contribution in [-0.4, -0.2) is 40.6 Å². The Kier molecular flexibility index (Phi) is 3.68. The van der Waals surface area contributed by atoms with Gasteiger partial charge in [-0.15, -0.1) is 0 Å². The first-order valence-electron chi connectivity index (χ1n) is 7.27. The third kappa shape index (κ3) is 2.65. The molecule has 1 fully saturated rings. The van der Waals surface area contributed by atoms with Crippen molar-refractivity contribution in [2.75, 3.05) is 19.7 Å². The molecule has 3 rings (SSSR count). The number of aromatic nitrogens is 1. The molecular formula is C16H19FN2O2. The van der Waals surface area contributed by atoms with Crippen LogP contribution in [0.15, 0.2) is 18.2 Å². The van der Waals surface area contributed by atoms with Gasteiger partial charge in [0.2, 0.25) is 0 Å². The van der Waals surface area contributed by atoms with Crippen LogP contribution in [0.1, 0.15) is 28.9 Å². The molecule has 1 aromatic carbocycles. The number of hydrogen-bond donors (Lipinski definition) is 2. The molecule has 1 amide bonds. The van der Waals surface area contributed by atoms with E-state index in [1.165, 1.54) is 12.1 Å². The Morgan fingerprint density at radius 1 is 1.48 bits per heavy atom. The third-order valence-electron chi connectivity index (χ3n) is 4.20. The Balaban J connectivity index is 1.89. The number of carbonyl (C=O) groups is 1. The van der Waals surface area contributed by atoms with Gasteiger partial charge in [0, 0.05) is 30.6 Å². The molecule has 1 aliphatic rings. The van der Waals surface area contributed by atoms with E-state index in [4.69, 9.17) is 0 Å². The van der Waals surface area contributed by atoms with Gasteiger partial charge in [0.25, 0.3) is 5.91 Å². The normalized spacial score (nSPS) is 19.2. The van der Waals surface area contributed by atoms with Gasteiger partial charge in [-0.25, -0.2) is 4.39 Å². The van der Waals surface area contributed by atoms with E-state index in [2.05, 4.69) is 4.98 Å². The lowest BCUT2D eigenvalue weighted by molar-refractivity contribution is 0.0616. The Hall–Kier alpha value is -1.88. The predicted molar refractivity (Wildman–Crippen MR) is 78.7 cm³/mol. The quantitative estimate of drug-likeness (QED) is 0.892. The molecule has 1 aromatic heterocycles. The van der Waals surface area contributed by atoms with Crippen molar-refractivity contribution in [3.63, 3.8) is 0 Å². The van der Waals surface area contributed by atoms with Crippen LogP contribution >= 0.6 is 0 Å². The first-order valence-corrected chi connectivity index (χ1v) is 7.27. The molecule has 0 aliphatic carbocycles. The van der Waals surface area contributed by atoms with Crippen LogP contribution in [0, 0.1) is 18.7 Å². The van der Waals surface area contributed by atoms with E-state index in [-0.39, 0.29) is 24.2 Å². The van der Waals surface area contributed by atoms with Crippen LogP contribution in [0.25, 0.3) is 10.9 Å². The summed E-state index contributed by atoms with van der Waals surface area (Å²) in [4.78, 5) is 17.3. The summed E-state index contributed by atoms with van der Waals surface area (Å²) >= 11 is 0. The maximum Gasteiger partial charge on any atom is 0.270 e. The molecule has 4 nitrogen and oxygen atoms in total. The predicted octanol–water partition coefficient (Wildman–Crippen LogP) is 2.46. The van der Waals surface area contributed by atoms with E-state index in [0.717, 1.165) is 23.8 Å². The van der Waals surface area contributed by atoms with Crippen molar-refractivity contribution in [2.24, 2.45) is 5.92 Å². The van der Waals surface area contributed by atoms with E-state index < -0.39 is 0 Å². The van der Waals surface area contributed by atoms with Crippen LogP contribution in [-0.2, 0) is 0 Å². The van der Waals surface area contributed by atoms with Gasteiger partial charge in [0.05, 0.1) is 0 Å². The second-order valence-electron chi connectivity index (χ2n) is 5.81. The summed E-state index contributed by atoms with van der Waals surface area (Å²) in [5.41, 5.74) is 1.94. The second-order valence-corrected chi connectivity index (χ2v) is 5.81. The minimum absolute atomic E-state index is 0.0795. The van der Waals surface area contributed by atoms with Gasteiger partial charge in [-0.2, -0.15) is 0 Å². The van der Waals surface area contributed by atoms with E-state index in [9.17, 15) is 14.3 Å². The summed E-state index contributed by atoms with van der Waals surface area (Å²) in [5, 5.41) is 10.1. The van der Waals surface area contributed by atoms with E-state index >= 15 is 0 Å². The Morgan fingerprint density at radius 2 is 2.29 bits per heavy atom. The number of aliphatic hydroxyl groups excluding tert-OH is 1. The van der Waals surface area contributed by atoms with Crippen LogP contribution in [0.3, 0.4) is 0 Å². The Bertz CT molecular complexity index is 680. The zero-order valence-electron chi connectivity index (χ0n) is 12.0. The molecule has 1 saturated heterocycles. The number of nitrogens with zero attached hydrogens (tertiary/aromatic N) is 1. The number of likely N-dealkylation sites (tertiary alicyclic amines) is 1. The highest BCUT2D eigenvalue weighted by Crippen LogP contribution is 2.23. The SMILES string of the molecule is Cc1cc(F)cc2[nH]c(C(=O)N3CCCC(CO)C3)cc12. The lowest BCUT2D eigenvalue weighted by Gasteiger charge is -2.31. The van der Waals surface area contributed by atoms with E-state index in [1.807, 2.05) is 6.92 Å². The summed E-state index contributed by atoms with van der Waals surface area (Å²) in [6.07, 6.45) is 1.86. The number of aliphatic hydroxyl groups is 1. The van der Waals surface area contributed by atoms with Gasteiger partial charge in [-0.05, 0) is 49.4 Å². The number of piperidine rings is 1. The highest BCUT2D eigenvalue weighted by Gasteiger charge is 2.25. The molecule has 1 unspecified atom stereocenters. The van der Waals surface area contributed by atoms with Crippen LogP contribution < -0.4 is 0 Å². The number of carbonyl (C=O) groups excluding carboxylic acids is 1. The van der Waals surface area contributed by atoms with Crippen molar-refractivity contribution >= 4 is 16.8 Å². The molecule has 0 saturated carbocycles. The fourth-order valence-corrected chi connectivity index (χ4v) is 3.06. The minimum atomic E-state index is -0.306. The van der Waals surface area contributed by atoms with Gasteiger partial charge in [0.15, 0.2) is 0 Å². The van der Waals surface area contributed by atoms with Crippen LogP contribution in [0.5, 0.6) is 0 Å². The number of nitrogens with one attached hydrogen (secondary N) is 1. The minimum Gasteiger partial charge on any atom is -0.396 e. The molecule has 2 N–H and O–H groups in total. The van der Waals surface area contributed by atoms with Crippen LogP contribution in [0.2, 0.25) is 0 Å². The molecule has 112 valence electrons. The fourth-order valence-electron chi connectivity index (χ4n) is 3.06.